The smallest absolute Gasteiger partial charge is 0.255 e. The molecule has 3 atom stereocenters. The number of ether oxygens (including phenoxy) is 2. The summed E-state index contributed by atoms with van der Waals surface area (Å²) in [5, 5.41) is 13.8. The minimum absolute atomic E-state index is 0.264. The molecule has 1 unspecified atom stereocenters. The number of anilines is 1. The molecule has 2 fully saturated rings. The number of amides is 1. The largest absolute Gasteiger partial charge is 0.492 e. The molecule has 0 bridgehead atoms. The second-order valence-electron chi connectivity index (χ2n) is 7.56. The number of piperidine rings is 1. The minimum atomic E-state index is -0.623. The van der Waals surface area contributed by atoms with Crippen molar-refractivity contribution in [3.63, 3.8) is 0 Å². The molecule has 148 valence electrons. The van der Waals surface area contributed by atoms with Crippen LogP contribution in [0.3, 0.4) is 0 Å². The summed E-state index contributed by atoms with van der Waals surface area (Å²) < 4.78 is 11.3. The molecule has 0 radical (unpaired) electrons. The second-order valence-corrected chi connectivity index (χ2v) is 7.96. The molecule has 4 N–H and O–H groups in total. The van der Waals surface area contributed by atoms with Crippen molar-refractivity contribution < 1.29 is 19.4 Å². The first-order chi connectivity index (χ1) is 13.0. The third-order valence-electron chi connectivity index (χ3n) is 5.68. The molecule has 27 heavy (non-hydrogen) atoms. The van der Waals surface area contributed by atoms with Crippen molar-refractivity contribution in [1.29, 1.82) is 0 Å². The quantitative estimate of drug-likeness (QED) is 0.663. The van der Waals surface area contributed by atoms with Gasteiger partial charge in [0.1, 0.15) is 5.75 Å². The Morgan fingerprint density at radius 3 is 3.00 bits per heavy atom. The van der Waals surface area contributed by atoms with Crippen LogP contribution in [0.2, 0.25) is 5.02 Å². The number of β-amino-alcohol motifs (C(OH)–C–C–N with tert-alkyl or cyclic N) is 1. The molecule has 1 aromatic rings. The average molecular weight is 396 g/mol. The fraction of sp³-hybridized carbons (Fsp3) is 0.632. The fourth-order valence-corrected chi connectivity index (χ4v) is 4.41. The number of nitrogens with zero attached hydrogens (tertiary/aromatic N) is 1. The lowest BCUT2D eigenvalue weighted by atomic mass is 9.99. The number of carbonyl (C=O) groups is 1. The van der Waals surface area contributed by atoms with E-state index >= 15 is 0 Å². The van der Waals surface area contributed by atoms with E-state index in [4.69, 9.17) is 26.8 Å². The lowest BCUT2D eigenvalue weighted by Crippen LogP contribution is -2.55. The summed E-state index contributed by atoms with van der Waals surface area (Å²) in [6, 6.07) is 1.25. The molecule has 4 rings (SSSR count). The maximum absolute atomic E-state index is 12.8. The van der Waals surface area contributed by atoms with Gasteiger partial charge in [0.2, 0.25) is 0 Å². The number of halogens is 1. The number of nitrogens with two attached hydrogens (primary N) is 1. The molecular formula is C19H26ClN3O4. The van der Waals surface area contributed by atoms with E-state index in [9.17, 15) is 9.90 Å². The first-order valence-electron chi connectivity index (χ1n) is 9.59. The van der Waals surface area contributed by atoms with E-state index in [1.807, 2.05) is 0 Å². The van der Waals surface area contributed by atoms with E-state index in [1.54, 1.807) is 6.07 Å². The van der Waals surface area contributed by atoms with E-state index in [-0.39, 0.29) is 18.1 Å². The number of nitrogens with one attached hydrogen (secondary N) is 1. The number of likely N-dealkylation sites (tertiary alicyclic amines) is 1. The summed E-state index contributed by atoms with van der Waals surface area (Å²) in [4.78, 5) is 15.0. The molecule has 0 aliphatic carbocycles. The van der Waals surface area contributed by atoms with Crippen LogP contribution in [0.4, 0.5) is 5.69 Å². The summed E-state index contributed by atoms with van der Waals surface area (Å²) in [5.41, 5.74) is 7.64. The number of carbonyl (C=O) groups excluding carboxylic acids is 1. The van der Waals surface area contributed by atoms with Gasteiger partial charge >= 0.3 is 0 Å². The van der Waals surface area contributed by atoms with Crippen LogP contribution in [0, 0.1) is 0 Å². The standard InChI is InChI=1S/C19H26ClN3O4/c20-14-8-13(18-12(17(14)21)4-7-27-18)19(25)22-15-3-5-23(10-16(15)24)9-11-2-1-6-26-11/h8,11,15-16,24H,1-7,9-10,21H2,(H,22,25)/t11?,15-,16-/m0/s1. The summed E-state index contributed by atoms with van der Waals surface area (Å²) in [6.45, 7) is 3.51. The predicted molar refractivity (Wildman–Crippen MR) is 102 cm³/mol. The van der Waals surface area contributed by atoms with E-state index in [0.717, 1.165) is 38.1 Å². The summed E-state index contributed by atoms with van der Waals surface area (Å²) in [5.74, 6) is 0.228. The Balaban J connectivity index is 1.39. The summed E-state index contributed by atoms with van der Waals surface area (Å²) in [6.07, 6.45) is 3.16. The Morgan fingerprint density at radius 1 is 1.41 bits per heavy atom. The zero-order valence-electron chi connectivity index (χ0n) is 15.2. The SMILES string of the molecule is Nc1c(Cl)cc(C(=O)N[C@H]2CCN(CC3CCCO3)C[C@@H]2O)c2c1CCO2. The highest BCUT2D eigenvalue weighted by Crippen LogP contribution is 2.38. The van der Waals surface area contributed by atoms with E-state index in [2.05, 4.69) is 10.2 Å². The molecule has 0 spiro atoms. The average Bonchev–Trinajstić information content (AvgIpc) is 3.32. The van der Waals surface area contributed by atoms with Crippen LogP contribution in [0.25, 0.3) is 0 Å². The van der Waals surface area contributed by atoms with Crippen molar-refractivity contribution >= 4 is 23.2 Å². The van der Waals surface area contributed by atoms with Gasteiger partial charge < -0.3 is 25.6 Å². The van der Waals surface area contributed by atoms with Crippen LogP contribution in [0.1, 0.15) is 35.2 Å². The van der Waals surface area contributed by atoms with Gasteiger partial charge in [0.25, 0.3) is 5.91 Å². The Kier molecular flexibility index (Phi) is 5.45. The first kappa shape index (κ1) is 18.8. The molecule has 3 aliphatic rings. The molecule has 0 aromatic heterocycles. The fourth-order valence-electron chi connectivity index (χ4n) is 4.19. The predicted octanol–water partition coefficient (Wildman–Crippen LogP) is 1.20. The highest BCUT2D eigenvalue weighted by Gasteiger charge is 2.32. The number of nitrogen functional groups attached to an aromatic ring is 1. The number of hydrogen-bond donors (Lipinski definition) is 3. The van der Waals surface area contributed by atoms with Crippen molar-refractivity contribution in [2.24, 2.45) is 0 Å². The minimum Gasteiger partial charge on any atom is -0.492 e. The molecule has 8 heteroatoms. The van der Waals surface area contributed by atoms with Crippen LogP contribution in [-0.4, -0.2) is 67.0 Å². The summed E-state index contributed by atoms with van der Waals surface area (Å²) >= 11 is 6.18. The van der Waals surface area contributed by atoms with Crippen molar-refractivity contribution in [2.45, 2.75) is 43.9 Å². The monoisotopic (exact) mass is 395 g/mol. The van der Waals surface area contributed by atoms with Gasteiger partial charge in [0, 0.05) is 38.2 Å². The Bertz CT molecular complexity index is 723. The van der Waals surface area contributed by atoms with Gasteiger partial charge in [-0.25, -0.2) is 0 Å². The number of aliphatic hydroxyl groups is 1. The van der Waals surface area contributed by atoms with E-state index in [0.29, 0.717) is 48.0 Å². The molecule has 0 saturated carbocycles. The summed E-state index contributed by atoms with van der Waals surface area (Å²) in [7, 11) is 0. The van der Waals surface area contributed by atoms with Gasteiger partial charge in [0.05, 0.1) is 41.1 Å². The zero-order chi connectivity index (χ0) is 19.0. The Labute approximate surface area is 163 Å². The van der Waals surface area contributed by atoms with Crippen molar-refractivity contribution in [3.05, 3.63) is 22.2 Å². The van der Waals surface area contributed by atoms with Crippen LogP contribution < -0.4 is 15.8 Å². The van der Waals surface area contributed by atoms with E-state index < -0.39 is 6.10 Å². The topological polar surface area (TPSA) is 97.1 Å². The van der Waals surface area contributed by atoms with Gasteiger partial charge in [-0.2, -0.15) is 0 Å². The van der Waals surface area contributed by atoms with Crippen LogP contribution in [0.5, 0.6) is 5.75 Å². The van der Waals surface area contributed by atoms with E-state index in [1.165, 1.54) is 0 Å². The normalized spacial score (nSPS) is 28.0. The Hall–Kier alpha value is -1.54. The Morgan fingerprint density at radius 2 is 2.26 bits per heavy atom. The lowest BCUT2D eigenvalue weighted by Gasteiger charge is -2.37. The third kappa shape index (κ3) is 3.87. The first-order valence-corrected chi connectivity index (χ1v) is 9.97. The van der Waals surface area contributed by atoms with Crippen molar-refractivity contribution in [1.82, 2.24) is 10.2 Å². The zero-order valence-corrected chi connectivity index (χ0v) is 16.0. The number of rotatable bonds is 4. The number of aliphatic hydroxyl groups excluding tert-OH is 1. The van der Waals surface area contributed by atoms with Crippen LogP contribution in [-0.2, 0) is 11.2 Å². The van der Waals surface area contributed by atoms with Gasteiger partial charge in [0.15, 0.2) is 0 Å². The molecule has 1 aromatic carbocycles. The molecule has 2 saturated heterocycles. The highest BCUT2D eigenvalue weighted by molar-refractivity contribution is 6.33. The van der Waals surface area contributed by atoms with Crippen LogP contribution >= 0.6 is 11.6 Å². The number of benzene rings is 1. The van der Waals surface area contributed by atoms with Crippen molar-refractivity contribution in [3.8, 4) is 5.75 Å². The molecule has 3 aliphatic heterocycles. The third-order valence-corrected chi connectivity index (χ3v) is 6.00. The maximum Gasteiger partial charge on any atom is 0.255 e. The van der Waals surface area contributed by atoms with Crippen LogP contribution in [0.15, 0.2) is 6.07 Å². The maximum atomic E-state index is 12.8. The molecule has 7 nitrogen and oxygen atoms in total. The second kappa shape index (κ2) is 7.83. The number of fused-ring (bicyclic) bond motifs is 1. The van der Waals surface area contributed by atoms with Gasteiger partial charge in [-0.3, -0.25) is 9.69 Å². The van der Waals surface area contributed by atoms with Gasteiger partial charge in [-0.05, 0) is 25.3 Å². The molecule has 3 heterocycles. The van der Waals surface area contributed by atoms with Gasteiger partial charge in [-0.15, -0.1) is 0 Å². The highest BCUT2D eigenvalue weighted by atomic mass is 35.5. The molecule has 1 amide bonds. The molecular weight excluding hydrogens is 370 g/mol. The number of hydrogen-bond acceptors (Lipinski definition) is 6. The lowest BCUT2D eigenvalue weighted by molar-refractivity contribution is 0.0106. The van der Waals surface area contributed by atoms with Gasteiger partial charge in [-0.1, -0.05) is 11.6 Å². The van der Waals surface area contributed by atoms with Crippen molar-refractivity contribution in [2.75, 3.05) is 38.6 Å².